The van der Waals surface area contributed by atoms with Crippen molar-refractivity contribution in [2.45, 2.75) is 0 Å². The van der Waals surface area contributed by atoms with Crippen LogP contribution < -0.4 is 0 Å². The number of carbonyl (C=O) groups excluding carboxylic acids is 1. The van der Waals surface area contributed by atoms with Crippen molar-refractivity contribution < 1.29 is 4.79 Å². The van der Waals surface area contributed by atoms with Gasteiger partial charge in [-0.15, -0.1) is 22.7 Å². The highest BCUT2D eigenvalue weighted by Gasteiger charge is 2.05. The highest BCUT2D eigenvalue weighted by molar-refractivity contribution is 9.11. The minimum absolute atomic E-state index is 0.666. The Hall–Kier alpha value is -0.520. The Labute approximate surface area is 91.4 Å². The van der Waals surface area contributed by atoms with E-state index in [0.717, 1.165) is 20.0 Å². The molecule has 0 amide bonds. The van der Waals surface area contributed by atoms with Gasteiger partial charge in [-0.25, -0.2) is 4.98 Å². The largest absolute Gasteiger partial charge is 0.297 e. The smallest absolute Gasteiger partial charge is 0.161 e. The summed E-state index contributed by atoms with van der Waals surface area (Å²) >= 11 is 6.40. The van der Waals surface area contributed by atoms with Crippen molar-refractivity contribution in [3.8, 4) is 9.88 Å². The lowest BCUT2D eigenvalue weighted by molar-refractivity contribution is 0.112. The van der Waals surface area contributed by atoms with Crippen LogP contribution in [-0.4, -0.2) is 11.3 Å². The van der Waals surface area contributed by atoms with Gasteiger partial charge in [0, 0.05) is 6.20 Å². The van der Waals surface area contributed by atoms with Crippen LogP contribution in [-0.2, 0) is 0 Å². The summed E-state index contributed by atoms with van der Waals surface area (Å²) in [6, 6.07) is 3.96. The first-order valence-electron chi connectivity index (χ1n) is 3.46. The molecule has 2 aromatic heterocycles. The number of rotatable bonds is 2. The zero-order valence-electron chi connectivity index (χ0n) is 6.36. The normalized spacial score (nSPS) is 10.2. The lowest BCUT2D eigenvalue weighted by atomic mass is 10.5. The number of hydrogen-bond acceptors (Lipinski definition) is 4. The summed E-state index contributed by atoms with van der Waals surface area (Å²) in [5.74, 6) is 0. The zero-order valence-corrected chi connectivity index (χ0v) is 9.58. The standard InChI is InChI=1S/C8H4BrNOS2/c9-7-2-1-6(13-7)8-10-3-5(4-11)12-8/h1-4H. The number of hydrogen-bond donors (Lipinski definition) is 0. The first-order valence-corrected chi connectivity index (χ1v) is 5.89. The molecule has 0 aliphatic rings. The summed E-state index contributed by atoms with van der Waals surface area (Å²) in [6.07, 6.45) is 2.42. The van der Waals surface area contributed by atoms with Gasteiger partial charge in [0.15, 0.2) is 6.29 Å². The highest BCUT2D eigenvalue weighted by atomic mass is 79.9. The van der Waals surface area contributed by atoms with Crippen LogP contribution in [0.1, 0.15) is 9.67 Å². The van der Waals surface area contributed by atoms with Crippen molar-refractivity contribution >= 4 is 44.9 Å². The highest BCUT2D eigenvalue weighted by Crippen LogP contribution is 2.33. The minimum atomic E-state index is 0.666. The van der Waals surface area contributed by atoms with Gasteiger partial charge < -0.3 is 0 Å². The summed E-state index contributed by atoms with van der Waals surface area (Å²) in [6.45, 7) is 0. The molecule has 0 aromatic carbocycles. The number of nitrogens with zero attached hydrogens (tertiary/aromatic N) is 1. The first-order chi connectivity index (χ1) is 6.29. The van der Waals surface area contributed by atoms with E-state index in [2.05, 4.69) is 20.9 Å². The van der Waals surface area contributed by atoms with Gasteiger partial charge >= 0.3 is 0 Å². The van der Waals surface area contributed by atoms with E-state index in [0.29, 0.717) is 4.88 Å². The number of carbonyl (C=O) groups is 1. The second-order valence-corrected chi connectivity index (χ2v) is 5.81. The van der Waals surface area contributed by atoms with Crippen LogP contribution in [0.4, 0.5) is 0 Å². The minimum Gasteiger partial charge on any atom is -0.297 e. The molecule has 0 unspecified atom stereocenters. The molecule has 0 saturated heterocycles. The summed E-state index contributed by atoms with van der Waals surface area (Å²) < 4.78 is 1.07. The monoisotopic (exact) mass is 273 g/mol. The van der Waals surface area contributed by atoms with Crippen LogP contribution in [0.2, 0.25) is 0 Å². The van der Waals surface area contributed by atoms with E-state index in [-0.39, 0.29) is 0 Å². The predicted molar refractivity (Wildman–Crippen MR) is 58.5 cm³/mol. The molecule has 2 heterocycles. The molecule has 0 fully saturated rings. The predicted octanol–water partition coefficient (Wildman–Crippen LogP) is 3.45. The average Bonchev–Trinajstić information content (AvgIpc) is 2.71. The molecule has 0 aliphatic heterocycles. The van der Waals surface area contributed by atoms with E-state index in [1.54, 1.807) is 17.5 Å². The molecule has 0 bridgehead atoms. The van der Waals surface area contributed by atoms with Gasteiger partial charge in [-0.2, -0.15) is 0 Å². The molecule has 0 aliphatic carbocycles. The number of halogens is 1. The molecule has 0 saturated carbocycles. The van der Waals surface area contributed by atoms with Crippen LogP contribution >= 0.6 is 38.6 Å². The summed E-state index contributed by atoms with van der Waals surface area (Å²) in [4.78, 5) is 16.3. The third kappa shape index (κ3) is 1.87. The van der Waals surface area contributed by atoms with Crippen molar-refractivity contribution in [2.75, 3.05) is 0 Å². The second kappa shape index (κ2) is 3.69. The summed E-state index contributed by atoms with van der Waals surface area (Å²) in [5.41, 5.74) is 0. The van der Waals surface area contributed by atoms with E-state index >= 15 is 0 Å². The van der Waals surface area contributed by atoms with Crippen molar-refractivity contribution in [1.29, 1.82) is 0 Å². The Balaban J connectivity index is 2.40. The maximum atomic E-state index is 10.4. The Kier molecular flexibility index (Phi) is 2.57. The summed E-state index contributed by atoms with van der Waals surface area (Å²) in [7, 11) is 0. The van der Waals surface area contributed by atoms with Crippen LogP contribution in [0.15, 0.2) is 22.1 Å². The van der Waals surface area contributed by atoms with Crippen molar-refractivity contribution in [3.63, 3.8) is 0 Å². The van der Waals surface area contributed by atoms with E-state index < -0.39 is 0 Å². The van der Waals surface area contributed by atoms with E-state index in [9.17, 15) is 4.79 Å². The average molecular weight is 274 g/mol. The van der Waals surface area contributed by atoms with E-state index in [4.69, 9.17) is 0 Å². The van der Waals surface area contributed by atoms with Crippen LogP contribution in [0.25, 0.3) is 9.88 Å². The molecule has 66 valence electrons. The fourth-order valence-corrected chi connectivity index (χ4v) is 3.06. The Morgan fingerprint density at radius 3 is 2.77 bits per heavy atom. The van der Waals surface area contributed by atoms with Crippen molar-refractivity contribution in [3.05, 3.63) is 27.0 Å². The van der Waals surface area contributed by atoms with Crippen molar-refractivity contribution in [2.24, 2.45) is 0 Å². The molecule has 2 rings (SSSR count). The molecule has 5 heteroatoms. The van der Waals surface area contributed by atoms with Gasteiger partial charge in [0.1, 0.15) is 5.01 Å². The fraction of sp³-hybridized carbons (Fsp3) is 0. The van der Waals surface area contributed by atoms with Crippen LogP contribution in [0, 0.1) is 0 Å². The number of aromatic nitrogens is 1. The number of aldehydes is 1. The SMILES string of the molecule is O=Cc1cnc(-c2ccc(Br)s2)s1. The number of thiazole rings is 1. The van der Waals surface area contributed by atoms with Gasteiger partial charge in [-0.3, -0.25) is 4.79 Å². The Morgan fingerprint density at radius 2 is 2.23 bits per heavy atom. The molecular weight excluding hydrogens is 270 g/mol. The van der Waals surface area contributed by atoms with Crippen LogP contribution in [0.3, 0.4) is 0 Å². The summed E-state index contributed by atoms with van der Waals surface area (Å²) in [5, 5.41) is 0.901. The molecule has 13 heavy (non-hydrogen) atoms. The molecule has 0 radical (unpaired) electrons. The lowest BCUT2D eigenvalue weighted by Gasteiger charge is -1.84. The molecule has 0 N–H and O–H groups in total. The molecular formula is C8H4BrNOS2. The molecule has 2 nitrogen and oxygen atoms in total. The topological polar surface area (TPSA) is 30.0 Å². The third-order valence-electron chi connectivity index (χ3n) is 1.42. The Morgan fingerprint density at radius 1 is 1.38 bits per heavy atom. The van der Waals surface area contributed by atoms with Crippen molar-refractivity contribution in [1.82, 2.24) is 4.98 Å². The molecule has 0 spiro atoms. The van der Waals surface area contributed by atoms with Crippen LogP contribution in [0.5, 0.6) is 0 Å². The lowest BCUT2D eigenvalue weighted by Crippen LogP contribution is -1.64. The van der Waals surface area contributed by atoms with Gasteiger partial charge in [0.2, 0.25) is 0 Å². The molecule has 0 atom stereocenters. The Bertz CT molecular complexity index is 435. The maximum absolute atomic E-state index is 10.4. The zero-order chi connectivity index (χ0) is 9.26. The van der Waals surface area contributed by atoms with Gasteiger partial charge in [-0.05, 0) is 28.1 Å². The van der Waals surface area contributed by atoms with Gasteiger partial charge in [-0.1, -0.05) is 0 Å². The van der Waals surface area contributed by atoms with Gasteiger partial charge in [0.05, 0.1) is 13.5 Å². The van der Waals surface area contributed by atoms with E-state index in [1.807, 2.05) is 12.1 Å². The fourth-order valence-electron chi connectivity index (χ4n) is 0.884. The third-order valence-corrected chi connectivity index (χ3v) is 4.14. The quantitative estimate of drug-likeness (QED) is 0.785. The number of thiophene rings is 1. The van der Waals surface area contributed by atoms with E-state index in [1.165, 1.54) is 11.3 Å². The maximum Gasteiger partial charge on any atom is 0.161 e. The molecule has 2 aromatic rings. The second-order valence-electron chi connectivity index (χ2n) is 2.29. The first kappa shape index (κ1) is 9.05. The van der Waals surface area contributed by atoms with Gasteiger partial charge in [0.25, 0.3) is 0 Å².